The molecule has 0 radical (unpaired) electrons. The van der Waals surface area contributed by atoms with Crippen LogP contribution in [0.1, 0.15) is 29.2 Å². The number of nitrogens with one attached hydrogen (secondary N) is 2. The standard InChI is InChI=1S/C18H20N2/c1-12-6-7-15-14-4-2-3-5-16(14)18(17(15)10-12)20-13-8-9-19-11-13/h2-7,10,13,18-20H,8-9,11H2,1H3. The summed E-state index contributed by atoms with van der Waals surface area (Å²) in [6.45, 7) is 4.39. The molecule has 2 heteroatoms. The van der Waals surface area contributed by atoms with Crippen LogP contribution < -0.4 is 10.6 Å². The van der Waals surface area contributed by atoms with E-state index in [1.54, 1.807) is 0 Å². The van der Waals surface area contributed by atoms with Crippen molar-refractivity contribution in [2.75, 3.05) is 13.1 Å². The highest BCUT2D eigenvalue weighted by Crippen LogP contribution is 2.43. The zero-order valence-corrected chi connectivity index (χ0v) is 11.8. The molecule has 1 fully saturated rings. The van der Waals surface area contributed by atoms with Gasteiger partial charge in [-0.1, -0.05) is 48.0 Å². The predicted molar refractivity (Wildman–Crippen MR) is 82.9 cm³/mol. The minimum absolute atomic E-state index is 0.353. The molecule has 1 saturated heterocycles. The van der Waals surface area contributed by atoms with E-state index in [1.165, 1.54) is 34.2 Å². The molecular weight excluding hydrogens is 244 g/mol. The van der Waals surface area contributed by atoms with Crippen molar-refractivity contribution in [3.05, 3.63) is 59.2 Å². The van der Waals surface area contributed by atoms with Gasteiger partial charge in [0.05, 0.1) is 6.04 Å². The summed E-state index contributed by atoms with van der Waals surface area (Å²) in [6, 6.07) is 16.6. The van der Waals surface area contributed by atoms with E-state index in [9.17, 15) is 0 Å². The first-order chi connectivity index (χ1) is 9.83. The molecule has 2 aliphatic rings. The maximum atomic E-state index is 3.85. The largest absolute Gasteiger partial charge is 0.315 e. The highest BCUT2D eigenvalue weighted by atomic mass is 15.0. The Bertz CT molecular complexity index is 642. The highest BCUT2D eigenvalue weighted by molar-refractivity contribution is 5.78. The van der Waals surface area contributed by atoms with Crippen molar-refractivity contribution in [2.45, 2.75) is 25.4 Å². The fourth-order valence-corrected chi connectivity index (χ4v) is 3.54. The smallest absolute Gasteiger partial charge is 0.0591 e. The van der Waals surface area contributed by atoms with Crippen LogP contribution in [0.2, 0.25) is 0 Å². The summed E-state index contributed by atoms with van der Waals surface area (Å²) in [5, 5.41) is 7.30. The molecule has 102 valence electrons. The third kappa shape index (κ3) is 1.88. The van der Waals surface area contributed by atoms with E-state index in [-0.39, 0.29) is 0 Å². The average molecular weight is 264 g/mol. The first-order valence-electron chi connectivity index (χ1n) is 7.49. The summed E-state index contributed by atoms with van der Waals surface area (Å²) in [4.78, 5) is 0. The Morgan fingerprint density at radius 1 is 1.05 bits per heavy atom. The normalized spacial score (nSPS) is 23.6. The molecule has 0 bridgehead atoms. The van der Waals surface area contributed by atoms with Gasteiger partial charge in [-0.05, 0) is 42.1 Å². The minimum Gasteiger partial charge on any atom is -0.315 e. The van der Waals surface area contributed by atoms with Crippen molar-refractivity contribution in [2.24, 2.45) is 0 Å². The zero-order valence-electron chi connectivity index (χ0n) is 11.8. The summed E-state index contributed by atoms with van der Waals surface area (Å²) in [5.74, 6) is 0. The molecule has 0 saturated carbocycles. The first-order valence-corrected chi connectivity index (χ1v) is 7.49. The lowest BCUT2D eigenvalue weighted by Gasteiger charge is -2.20. The van der Waals surface area contributed by atoms with Crippen LogP contribution in [0.3, 0.4) is 0 Å². The van der Waals surface area contributed by atoms with Gasteiger partial charge in [0.1, 0.15) is 0 Å². The Labute approximate surface area is 120 Å². The quantitative estimate of drug-likeness (QED) is 0.871. The van der Waals surface area contributed by atoms with E-state index in [0.29, 0.717) is 12.1 Å². The molecule has 20 heavy (non-hydrogen) atoms. The lowest BCUT2D eigenvalue weighted by molar-refractivity contribution is 0.503. The lowest BCUT2D eigenvalue weighted by atomic mass is 10.0. The number of hydrogen-bond donors (Lipinski definition) is 2. The van der Waals surface area contributed by atoms with Crippen LogP contribution in [-0.2, 0) is 0 Å². The lowest BCUT2D eigenvalue weighted by Crippen LogP contribution is -2.34. The van der Waals surface area contributed by atoms with Gasteiger partial charge in [0.2, 0.25) is 0 Å². The van der Waals surface area contributed by atoms with E-state index in [0.717, 1.165) is 13.1 Å². The maximum absolute atomic E-state index is 3.85. The van der Waals surface area contributed by atoms with Crippen LogP contribution in [-0.4, -0.2) is 19.1 Å². The summed E-state index contributed by atoms with van der Waals surface area (Å²) >= 11 is 0. The molecule has 0 spiro atoms. The Morgan fingerprint density at radius 2 is 1.90 bits per heavy atom. The van der Waals surface area contributed by atoms with Crippen LogP contribution in [0.4, 0.5) is 0 Å². The van der Waals surface area contributed by atoms with Gasteiger partial charge in [0, 0.05) is 12.6 Å². The Hall–Kier alpha value is -1.64. The SMILES string of the molecule is Cc1ccc2c(c1)C(NC1CCNC1)c1ccccc1-2. The third-order valence-electron chi connectivity index (χ3n) is 4.54. The van der Waals surface area contributed by atoms with Gasteiger partial charge >= 0.3 is 0 Å². The second-order valence-electron chi connectivity index (χ2n) is 5.97. The molecular formula is C18H20N2. The fraction of sp³-hybridized carbons (Fsp3) is 0.333. The topological polar surface area (TPSA) is 24.1 Å². The van der Waals surface area contributed by atoms with Crippen molar-refractivity contribution in [1.29, 1.82) is 0 Å². The van der Waals surface area contributed by atoms with Gasteiger partial charge in [-0.25, -0.2) is 0 Å². The molecule has 1 aliphatic heterocycles. The van der Waals surface area contributed by atoms with Gasteiger partial charge in [-0.3, -0.25) is 0 Å². The molecule has 2 atom stereocenters. The molecule has 0 aromatic heterocycles. The van der Waals surface area contributed by atoms with E-state index < -0.39 is 0 Å². The molecule has 1 aliphatic carbocycles. The molecule has 2 nitrogen and oxygen atoms in total. The Kier molecular flexibility index (Phi) is 2.86. The second kappa shape index (κ2) is 4.72. The maximum Gasteiger partial charge on any atom is 0.0591 e. The van der Waals surface area contributed by atoms with Crippen LogP contribution in [0, 0.1) is 6.92 Å². The molecule has 1 heterocycles. The van der Waals surface area contributed by atoms with Crippen molar-refractivity contribution in [3.63, 3.8) is 0 Å². The van der Waals surface area contributed by atoms with E-state index in [2.05, 4.69) is 60.0 Å². The summed E-state index contributed by atoms with van der Waals surface area (Å²) in [7, 11) is 0. The van der Waals surface area contributed by atoms with Crippen molar-refractivity contribution < 1.29 is 0 Å². The summed E-state index contributed by atoms with van der Waals surface area (Å²) in [5.41, 5.74) is 7.01. The van der Waals surface area contributed by atoms with Crippen LogP contribution in [0.25, 0.3) is 11.1 Å². The minimum atomic E-state index is 0.353. The van der Waals surface area contributed by atoms with Gasteiger partial charge < -0.3 is 10.6 Å². The van der Waals surface area contributed by atoms with Crippen molar-refractivity contribution >= 4 is 0 Å². The highest BCUT2D eigenvalue weighted by Gasteiger charge is 2.30. The molecule has 2 aromatic rings. The monoisotopic (exact) mass is 264 g/mol. The molecule has 4 rings (SSSR count). The van der Waals surface area contributed by atoms with E-state index in [4.69, 9.17) is 0 Å². The predicted octanol–water partition coefficient (Wildman–Crippen LogP) is 3.02. The second-order valence-corrected chi connectivity index (χ2v) is 5.97. The van der Waals surface area contributed by atoms with E-state index >= 15 is 0 Å². The number of benzene rings is 2. The Morgan fingerprint density at radius 3 is 2.75 bits per heavy atom. The first kappa shape index (κ1) is 12.1. The summed E-state index contributed by atoms with van der Waals surface area (Å²) < 4.78 is 0. The molecule has 2 aromatic carbocycles. The number of rotatable bonds is 2. The average Bonchev–Trinajstić information content (AvgIpc) is 3.07. The fourth-order valence-electron chi connectivity index (χ4n) is 3.54. The van der Waals surface area contributed by atoms with Gasteiger partial charge in [-0.15, -0.1) is 0 Å². The van der Waals surface area contributed by atoms with E-state index in [1.807, 2.05) is 0 Å². The number of fused-ring (bicyclic) bond motifs is 3. The van der Waals surface area contributed by atoms with Crippen molar-refractivity contribution in [3.8, 4) is 11.1 Å². The van der Waals surface area contributed by atoms with Crippen LogP contribution in [0.15, 0.2) is 42.5 Å². The third-order valence-corrected chi connectivity index (χ3v) is 4.54. The van der Waals surface area contributed by atoms with Gasteiger partial charge in [0.25, 0.3) is 0 Å². The molecule has 2 N–H and O–H groups in total. The molecule has 2 unspecified atom stereocenters. The molecule has 0 amide bonds. The van der Waals surface area contributed by atoms with Crippen LogP contribution >= 0.6 is 0 Å². The summed E-state index contributed by atoms with van der Waals surface area (Å²) in [6.07, 6.45) is 1.22. The van der Waals surface area contributed by atoms with Gasteiger partial charge in [-0.2, -0.15) is 0 Å². The number of aryl methyl sites for hydroxylation is 1. The Balaban J connectivity index is 1.79. The van der Waals surface area contributed by atoms with Crippen LogP contribution in [0.5, 0.6) is 0 Å². The number of hydrogen-bond acceptors (Lipinski definition) is 2. The van der Waals surface area contributed by atoms with Crippen molar-refractivity contribution in [1.82, 2.24) is 10.6 Å². The zero-order chi connectivity index (χ0) is 13.5. The van der Waals surface area contributed by atoms with Gasteiger partial charge in [0.15, 0.2) is 0 Å².